The van der Waals surface area contributed by atoms with Crippen LogP contribution in [0.2, 0.25) is 0 Å². The summed E-state index contributed by atoms with van der Waals surface area (Å²) in [6, 6.07) is 6.95. The summed E-state index contributed by atoms with van der Waals surface area (Å²) < 4.78 is 10.5. The predicted molar refractivity (Wildman–Crippen MR) is 96.0 cm³/mol. The number of nitrogens with one attached hydrogen (secondary N) is 1. The van der Waals surface area contributed by atoms with E-state index in [0.29, 0.717) is 31.1 Å². The summed E-state index contributed by atoms with van der Waals surface area (Å²) in [6.07, 6.45) is 2.19. The van der Waals surface area contributed by atoms with Gasteiger partial charge in [-0.3, -0.25) is 9.59 Å². The molecule has 1 aliphatic rings. The van der Waals surface area contributed by atoms with Gasteiger partial charge in [0.1, 0.15) is 5.75 Å². The highest BCUT2D eigenvalue weighted by atomic mass is 16.5. The topological polar surface area (TPSA) is 67.9 Å². The van der Waals surface area contributed by atoms with Crippen LogP contribution in [0.1, 0.15) is 36.0 Å². The maximum atomic E-state index is 12.2. The van der Waals surface area contributed by atoms with Crippen molar-refractivity contribution in [3.63, 3.8) is 0 Å². The van der Waals surface area contributed by atoms with E-state index in [0.717, 1.165) is 12.8 Å². The average Bonchev–Trinajstić information content (AvgIpc) is 2.65. The number of amides is 1. The highest BCUT2D eigenvalue weighted by Gasteiger charge is 2.35. The highest BCUT2D eigenvalue weighted by molar-refractivity contribution is 5.98. The minimum Gasteiger partial charge on any atom is -0.497 e. The van der Waals surface area contributed by atoms with Crippen molar-refractivity contribution >= 4 is 11.7 Å². The molecule has 0 bridgehead atoms. The summed E-state index contributed by atoms with van der Waals surface area (Å²) in [5.41, 5.74) is 0.538. The van der Waals surface area contributed by atoms with Gasteiger partial charge in [0.2, 0.25) is 5.91 Å². The highest BCUT2D eigenvalue weighted by Crippen LogP contribution is 2.25. The molecule has 1 fully saturated rings. The van der Waals surface area contributed by atoms with Gasteiger partial charge in [-0.1, -0.05) is 0 Å². The van der Waals surface area contributed by atoms with Gasteiger partial charge in [0.15, 0.2) is 5.78 Å². The molecule has 1 aromatic carbocycles. The van der Waals surface area contributed by atoms with E-state index in [1.54, 1.807) is 31.4 Å². The molecule has 0 saturated carbocycles. The van der Waals surface area contributed by atoms with E-state index in [1.807, 2.05) is 14.1 Å². The molecule has 1 saturated heterocycles. The third kappa shape index (κ3) is 5.28. The number of Topliss-reactive ketones (excluding diaryl/α,β-unsaturated/α-hetero) is 1. The first-order chi connectivity index (χ1) is 12.0. The van der Waals surface area contributed by atoms with Crippen LogP contribution in [0, 0.1) is 0 Å². The third-order valence-electron chi connectivity index (χ3n) is 4.98. The van der Waals surface area contributed by atoms with Crippen LogP contribution in [0.15, 0.2) is 24.3 Å². The van der Waals surface area contributed by atoms with Crippen molar-refractivity contribution in [2.75, 3.05) is 41.0 Å². The smallest absolute Gasteiger partial charge is 0.220 e. The Hall–Kier alpha value is -1.92. The fourth-order valence-corrected chi connectivity index (χ4v) is 3.03. The van der Waals surface area contributed by atoms with Crippen LogP contribution in [0.4, 0.5) is 0 Å². The third-order valence-corrected chi connectivity index (χ3v) is 4.98. The summed E-state index contributed by atoms with van der Waals surface area (Å²) in [6.45, 7) is 2.01. The fraction of sp³-hybridized carbons (Fsp3) is 0.579. The van der Waals surface area contributed by atoms with Crippen molar-refractivity contribution in [3.8, 4) is 5.75 Å². The zero-order chi connectivity index (χ0) is 18.3. The molecule has 1 aromatic rings. The zero-order valence-electron chi connectivity index (χ0n) is 15.3. The maximum absolute atomic E-state index is 12.2. The van der Waals surface area contributed by atoms with Crippen LogP contribution < -0.4 is 10.1 Å². The number of carbonyl (C=O) groups excluding carboxylic acids is 2. The van der Waals surface area contributed by atoms with Gasteiger partial charge in [-0.05, 0) is 51.2 Å². The number of hydrogen-bond acceptors (Lipinski definition) is 5. The van der Waals surface area contributed by atoms with E-state index in [4.69, 9.17) is 9.47 Å². The van der Waals surface area contributed by atoms with Gasteiger partial charge in [-0.25, -0.2) is 0 Å². The fourth-order valence-electron chi connectivity index (χ4n) is 3.03. The largest absolute Gasteiger partial charge is 0.497 e. The van der Waals surface area contributed by atoms with Gasteiger partial charge in [0.25, 0.3) is 0 Å². The lowest BCUT2D eigenvalue weighted by Gasteiger charge is -2.42. The Morgan fingerprint density at radius 3 is 2.36 bits per heavy atom. The lowest BCUT2D eigenvalue weighted by molar-refractivity contribution is -0.122. The number of benzene rings is 1. The van der Waals surface area contributed by atoms with E-state index in [9.17, 15) is 9.59 Å². The molecule has 0 aromatic heterocycles. The molecule has 1 N–H and O–H groups in total. The number of rotatable bonds is 8. The monoisotopic (exact) mass is 348 g/mol. The van der Waals surface area contributed by atoms with Crippen LogP contribution in [0.3, 0.4) is 0 Å². The number of nitrogens with zero attached hydrogens (tertiary/aromatic N) is 1. The summed E-state index contributed by atoms with van der Waals surface area (Å²) in [5.74, 6) is 0.584. The van der Waals surface area contributed by atoms with Crippen molar-refractivity contribution in [2.45, 2.75) is 31.2 Å². The number of ketones is 1. The molecular weight excluding hydrogens is 320 g/mol. The van der Waals surface area contributed by atoms with Gasteiger partial charge in [0.05, 0.1) is 7.11 Å². The molecule has 6 nitrogen and oxygen atoms in total. The van der Waals surface area contributed by atoms with Crippen molar-refractivity contribution in [2.24, 2.45) is 0 Å². The standard InChI is InChI=1S/C19H28N2O4/c1-21(2)19(10-12-25-13-11-19)14-20-18(23)9-8-17(22)15-4-6-16(24-3)7-5-15/h4-7H,8-14H2,1-3H3,(H,20,23). The molecule has 1 aliphatic heterocycles. The normalized spacial score (nSPS) is 16.5. The van der Waals surface area contributed by atoms with Gasteiger partial charge in [0, 0.05) is 43.7 Å². The Balaban J connectivity index is 1.80. The number of carbonyl (C=O) groups is 2. The van der Waals surface area contributed by atoms with Gasteiger partial charge in [-0.15, -0.1) is 0 Å². The lowest BCUT2D eigenvalue weighted by atomic mass is 9.88. The molecule has 0 radical (unpaired) electrons. The number of methoxy groups -OCH3 is 1. The van der Waals surface area contributed by atoms with Crippen LogP contribution >= 0.6 is 0 Å². The molecule has 2 rings (SSSR count). The summed E-state index contributed by atoms with van der Waals surface area (Å²) in [4.78, 5) is 26.5. The van der Waals surface area contributed by atoms with E-state index in [-0.39, 0.29) is 30.1 Å². The van der Waals surface area contributed by atoms with Crippen LogP contribution in [-0.2, 0) is 9.53 Å². The Bertz CT molecular complexity index is 578. The van der Waals surface area contributed by atoms with Crippen molar-refractivity contribution < 1.29 is 19.1 Å². The van der Waals surface area contributed by atoms with E-state index in [2.05, 4.69) is 10.2 Å². The van der Waals surface area contributed by atoms with E-state index in [1.165, 1.54) is 0 Å². The molecule has 1 amide bonds. The Kier molecular flexibility index (Phi) is 6.96. The van der Waals surface area contributed by atoms with E-state index < -0.39 is 0 Å². The summed E-state index contributed by atoms with van der Waals surface area (Å²) in [5, 5.41) is 2.99. The lowest BCUT2D eigenvalue weighted by Crippen LogP contribution is -2.55. The molecule has 0 aliphatic carbocycles. The maximum Gasteiger partial charge on any atom is 0.220 e. The van der Waals surface area contributed by atoms with Crippen molar-refractivity contribution in [1.82, 2.24) is 10.2 Å². The number of ether oxygens (including phenoxy) is 2. The second-order valence-corrected chi connectivity index (χ2v) is 6.66. The second kappa shape index (κ2) is 8.97. The quantitative estimate of drug-likeness (QED) is 0.727. The first-order valence-corrected chi connectivity index (χ1v) is 8.66. The molecule has 1 heterocycles. The Morgan fingerprint density at radius 2 is 1.80 bits per heavy atom. The number of likely N-dealkylation sites (N-methyl/N-ethyl adjacent to an activating group) is 1. The molecule has 138 valence electrons. The van der Waals surface area contributed by atoms with Crippen molar-refractivity contribution in [3.05, 3.63) is 29.8 Å². The molecular formula is C19H28N2O4. The summed E-state index contributed by atoms with van der Waals surface area (Å²) in [7, 11) is 5.65. The predicted octanol–water partition coefficient (Wildman–Crippen LogP) is 1.89. The second-order valence-electron chi connectivity index (χ2n) is 6.66. The van der Waals surface area contributed by atoms with Gasteiger partial charge < -0.3 is 19.7 Å². The zero-order valence-corrected chi connectivity index (χ0v) is 15.3. The first-order valence-electron chi connectivity index (χ1n) is 8.66. The molecule has 0 atom stereocenters. The molecule has 0 spiro atoms. The number of hydrogen-bond donors (Lipinski definition) is 1. The Labute approximate surface area is 149 Å². The molecule has 25 heavy (non-hydrogen) atoms. The van der Waals surface area contributed by atoms with E-state index >= 15 is 0 Å². The van der Waals surface area contributed by atoms with Gasteiger partial charge >= 0.3 is 0 Å². The van der Waals surface area contributed by atoms with Crippen LogP contribution in [0.5, 0.6) is 5.75 Å². The van der Waals surface area contributed by atoms with Crippen molar-refractivity contribution in [1.29, 1.82) is 0 Å². The SMILES string of the molecule is COc1ccc(C(=O)CCC(=O)NCC2(N(C)C)CCOCC2)cc1. The minimum atomic E-state index is -0.0884. The summed E-state index contributed by atoms with van der Waals surface area (Å²) >= 11 is 0. The minimum absolute atomic E-state index is 0.0359. The average molecular weight is 348 g/mol. The molecule has 0 unspecified atom stereocenters. The Morgan fingerprint density at radius 1 is 1.16 bits per heavy atom. The first kappa shape index (κ1) is 19.4. The van der Waals surface area contributed by atoms with Crippen LogP contribution in [-0.4, -0.2) is 63.1 Å². The van der Waals surface area contributed by atoms with Crippen LogP contribution in [0.25, 0.3) is 0 Å². The van der Waals surface area contributed by atoms with Gasteiger partial charge in [-0.2, -0.15) is 0 Å². The molecule has 6 heteroatoms.